The summed E-state index contributed by atoms with van der Waals surface area (Å²) >= 11 is 0. The number of amides is 1. The number of nitrogens with zero attached hydrogens (tertiary/aromatic N) is 1. The molecule has 0 atom stereocenters. The van der Waals surface area contributed by atoms with Crippen molar-refractivity contribution in [3.05, 3.63) is 0 Å². The molecule has 1 amide bonds. The molecule has 2 rings (SSSR count). The standard InChI is InChI=1S/C14H26N2O2/c1-2-18-14(17)16-9-7-13(8-10-16)15-11-12-5-3-4-6-12/h12-13,15H,2-11H2,1H3. The molecule has 0 aromatic carbocycles. The Balaban J connectivity index is 1.62. The molecular formula is C14H26N2O2. The molecule has 0 spiro atoms. The SMILES string of the molecule is CCOC(=O)N1CCC(NCC2CCCC2)CC1. The van der Waals surface area contributed by atoms with Gasteiger partial charge in [0.2, 0.25) is 0 Å². The lowest BCUT2D eigenvalue weighted by Gasteiger charge is -2.32. The van der Waals surface area contributed by atoms with Crippen LogP contribution in [0.15, 0.2) is 0 Å². The average Bonchev–Trinajstić information content (AvgIpc) is 2.90. The zero-order valence-corrected chi connectivity index (χ0v) is 11.5. The number of rotatable bonds is 4. The maximum Gasteiger partial charge on any atom is 0.409 e. The van der Waals surface area contributed by atoms with Crippen molar-refractivity contribution in [2.75, 3.05) is 26.2 Å². The van der Waals surface area contributed by atoms with Crippen LogP contribution >= 0.6 is 0 Å². The maximum atomic E-state index is 11.6. The molecule has 0 bridgehead atoms. The molecule has 4 nitrogen and oxygen atoms in total. The third-order valence-electron chi connectivity index (χ3n) is 4.19. The third-order valence-corrected chi connectivity index (χ3v) is 4.19. The Bertz CT molecular complexity index is 257. The van der Waals surface area contributed by atoms with Gasteiger partial charge in [-0.25, -0.2) is 4.79 Å². The summed E-state index contributed by atoms with van der Waals surface area (Å²) in [5.41, 5.74) is 0. The second-order valence-electron chi connectivity index (χ2n) is 5.52. The van der Waals surface area contributed by atoms with E-state index in [1.807, 2.05) is 11.8 Å². The van der Waals surface area contributed by atoms with Crippen molar-refractivity contribution in [3.63, 3.8) is 0 Å². The molecule has 1 N–H and O–H groups in total. The van der Waals surface area contributed by atoms with Crippen LogP contribution in [0.4, 0.5) is 4.79 Å². The quantitative estimate of drug-likeness (QED) is 0.837. The van der Waals surface area contributed by atoms with Crippen molar-refractivity contribution in [1.82, 2.24) is 10.2 Å². The fourth-order valence-corrected chi connectivity index (χ4v) is 3.03. The zero-order valence-electron chi connectivity index (χ0n) is 11.5. The molecule has 104 valence electrons. The molecule has 4 heteroatoms. The fourth-order valence-electron chi connectivity index (χ4n) is 3.03. The van der Waals surface area contributed by atoms with Crippen molar-refractivity contribution in [2.45, 2.75) is 51.5 Å². The van der Waals surface area contributed by atoms with Gasteiger partial charge in [-0.15, -0.1) is 0 Å². The van der Waals surface area contributed by atoms with Crippen molar-refractivity contribution >= 4 is 6.09 Å². The summed E-state index contributed by atoms with van der Waals surface area (Å²) in [6.45, 7) is 5.17. The van der Waals surface area contributed by atoms with Crippen molar-refractivity contribution < 1.29 is 9.53 Å². The second-order valence-corrected chi connectivity index (χ2v) is 5.52. The van der Waals surface area contributed by atoms with Gasteiger partial charge in [-0.2, -0.15) is 0 Å². The fraction of sp³-hybridized carbons (Fsp3) is 0.929. The largest absolute Gasteiger partial charge is 0.450 e. The molecule has 1 heterocycles. The minimum Gasteiger partial charge on any atom is -0.450 e. The Kier molecular flexibility index (Phi) is 5.29. The third kappa shape index (κ3) is 3.87. The normalized spacial score (nSPS) is 22.4. The Morgan fingerprint density at radius 2 is 1.89 bits per heavy atom. The molecule has 0 radical (unpaired) electrons. The van der Waals surface area contributed by atoms with Gasteiger partial charge in [-0.1, -0.05) is 12.8 Å². The van der Waals surface area contributed by atoms with Gasteiger partial charge in [0.1, 0.15) is 0 Å². The molecule has 0 aromatic rings. The number of piperidine rings is 1. The van der Waals surface area contributed by atoms with Gasteiger partial charge in [0, 0.05) is 19.1 Å². The number of carbonyl (C=O) groups is 1. The predicted molar refractivity (Wildman–Crippen MR) is 71.6 cm³/mol. The molecule has 2 aliphatic rings. The van der Waals surface area contributed by atoms with Crippen LogP contribution in [0.3, 0.4) is 0 Å². The topological polar surface area (TPSA) is 41.6 Å². The summed E-state index contributed by atoms with van der Waals surface area (Å²) in [5, 5.41) is 3.68. The number of hydrogen-bond acceptors (Lipinski definition) is 3. The van der Waals surface area contributed by atoms with Gasteiger partial charge in [0.15, 0.2) is 0 Å². The van der Waals surface area contributed by atoms with Crippen LogP contribution in [-0.2, 0) is 4.74 Å². The number of hydrogen-bond donors (Lipinski definition) is 1. The number of carbonyl (C=O) groups excluding carboxylic acids is 1. The van der Waals surface area contributed by atoms with Crippen LogP contribution in [0.25, 0.3) is 0 Å². The Morgan fingerprint density at radius 1 is 1.22 bits per heavy atom. The van der Waals surface area contributed by atoms with Crippen molar-refractivity contribution in [3.8, 4) is 0 Å². The summed E-state index contributed by atoms with van der Waals surface area (Å²) < 4.78 is 5.02. The minimum absolute atomic E-state index is 0.147. The van der Waals surface area contributed by atoms with E-state index in [0.29, 0.717) is 12.6 Å². The van der Waals surface area contributed by atoms with Gasteiger partial charge in [-0.05, 0) is 45.1 Å². The van der Waals surface area contributed by atoms with E-state index in [4.69, 9.17) is 4.74 Å². The minimum atomic E-state index is -0.147. The first kappa shape index (κ1) is 13.7. The lowest BCUT2D eigenvalue weighted by atomic mass is 10.0. The monoisotopic (exact) mass is 254 g/mol. The van der Waals surface area contributed by atoms with Crippen LogP contribution in [0.1, 0.15) is 45.4 Å². The van der Waals surface area contributed by atoms with Gasteiger partial charge in [-0.3, -0.25) is 0 Å². The summed E-state index contributed by atoms with van der Waals surface area (Å²) in [6, 6.07) is 0.594. The van der Waals surface area contributed by atoms with E-state index in [-0.39, 0.29) is 6.09 Å². The van der Waals surface area contributed by atoms with E-state index < -0.39 is 0 Å². The number of nitrogens with one attached hydrogen (secondary N) is 1. The Labute approximate surface area is 110 Å². The number of likely N-dealkylation sites (tertiary alicyclic amines) is 1. The molecule has 2 fully saturated rings. The van der Waals surface area contributed by atoms with E-state index >= 15 is 0 Å². The smallest absolute Gasteiger partial charge is 0.409 e. The Hall–Kier alpha value is -0.770. The van der Waals surface area contributed by atoms with Gasteiger partial charge in [0.25, 0.3) is 0 Å². The predicted octanol–water partition coefficient (Wildman–Crippen LogP) is 2.39. The van der Waals surface area contributed by atoms with Gasteiger partial charge < -0.3 is 15.0 Å². The second kappa shape index (κ2) is 6.98. The lowest BCUT2D eigenvalue weighted by Crippen LogP contribution is -2.45. The lowest BCUT2D eigenvalue weighted by molar-refractivity contribution is 0.0948. The summed E-state index contributed by atoms with van der Waals surface area (Å²) in [7, 11) is 0. The van der Waals surface area contributed by atoms with Gasteiger partial charge >= 0.3 is 6.09 Å². The highest BCUT2D eigenvalue weighted by molar-refractivity contribution is 5.67. The molecule has 18 heavy (non-hydrogen) atoms. The summed E-state index contributed by atoms with van der Waals surface area (Å²) in [6.07, 6.45) is 7.59. The van der Waals surface area contributed by atoms with E-state index in [9.17, 15) is 4.79 Å². The van der Waals surface area contributed by atoms with E-state index in [1.54, 1.807) is 0 Å². The zero-order chi connectivity index (χ0) is 12.8. The molecule has 0 aromatic heterocycles. The Morgan fingerprint density at radius 3 is 2.50 bits per heavy atom. The first-order valence-electron chi connectivity index (χ1n) is 7.44. The first-order valence-corrected chi connectivity index (χ1v) is 7.44. The molecule has 1 saturated carbocycles. The van der Waals surface area contributed by atoms with Crippen LogP contribution in [0.2, 0.25) is 0 Å². The molecule has 1 aliphatic carbocycles. The van der Waals surface area contributed by atoms with Crippen LogP contribution in [-0.4, -0.2) is 43.3 Å². The molecular weight excluding hydrogens is 228 g/mol. The highest BCUT2D eigenvalue weighted by Gasteiger charge is 2.24. The summed E-state index contributed by atoms with van der Waals surface area (Å²) in [5.74, 6) is 0.896. The molecule has 1 aliphatic heterocycles. The van der Waals surface area contributed by atoms with Crippen LogP contribution in [0, 0.1) is 5.92 Å². The summed E-state index contributed by atoms with van der Waals surface area (Å²) in [4.78, 5) is 13.4. The van der Waals surface area contributed by atoms with E-state index in [2.05, 4.69) is 5.32 Å². The van der Waals surface area contributed by atoms with E-state index in [0.717, 1.165) is 31.8 Å². The first-order chi connectivity index (χ1) is 8.79. The highest BCUT2D eigenvalue weighted by atomic mass is 16.6. The molecule has 0 unspecified atom stereocenters. The van der Waals surface area contributed by atoms with Crippen molar-refractivity contribution in [2.24, 2.45) is 5.92 Å². The average molecular weight is 254 g/mol. The molecule has 1 saturated heterocycles. The van der Waals surface area contributed by atoms with Crippen LogP contribution in [0.5, 0.6) is 0 Å². The maximum absolute atomic E-state index is 11.6. The van der Waals surface area contributed by atoms with Gasteiger partial charge in [0.05, 0.1) is 6.61 Å². The highest BCUT2D eigenvalue weighted by Crippen LogP contribution is 2.24. The van der Waals surface area contributed by atoms with E-state index in [1.165, 1.54) is 32.2 Å². The van der Waals surface area contributed by atoms with Crippen molar-refractivity contribution in [1.29, 1.82) is 0 Å². The number of ether oxygens (including phenoxy) is 1. The van der Waals surface area contributed by atoms with Crippen LogP contribution < -0.4 is 5.32 Å².